The van der Waals surface area contributed by atoms with Crippen molar-refractivity contribution in [1.82, 2.24) is 9.47 Å². The molecule has 29 heavy (non-hydrogen) atoms. The first-order valence-electron chi connectivity index (χ1n) is 9.93. The third-order valence-corrected chi connectivity index (χ3v) is 5.32. The number of aryl methyl sites for hydroxylation is 1. The molecule has 152 valence electrons. The SMILES string of the molecule is CC=Nc1ccc(NCCN(CC)CC)c2c(=O)c3cc(N=O)ccc3n(C)c12. The molecular formula is C22H27N5O2. The molecule has 0 spiro atoms. The van der Waals surface area contributed by atoms with Crippen molar-refractivity contribution in [1.29, 1.82) is 0 Å². The van der Waals surface area contributed by atoms with Gasteiger partial charge in [0.05, 0.1) is 22.1 Å². The molecule has 0 amide bonds. The van der Waals surface area contributed by atoms with Gasteiger partial charge in [0, 0.05) is 37.4 Å². The van der Waals surface area contributed by atoms with Crippen molar-refractivity contribution >= 4 is 45.1 Å². The smallest absolute Gasteiger partial charge is 0.199 e. The second-order valence-electron chi connectivity index (χ2n) is 6.88. The third-order valence-electron chi connectivity index (χ3n) is 5.32. The van der Waals surface area contributed by atoms with Crippen LogP contribution in [0.25, 0.3) is 21.8 Å². The molecule has 7 nitrogen and oxygen atoms in total. The van der Waals surface area contributed by atoms with Gasteiger partial charge in [-0.05, 0) is 55.5 Å². The molecule has 3 rings (SSSR count). The van der Waals surface area contributed by atoms with Crippen molar-refractivity contribution in [3.8, 4) is 0 Å². The maximum atomic E-state index is 13.4. The summed E-state index contributed by atoms with van der Waals surface area (Å²) < 4.78 is 1.96. The lowest BCUT2D eigenvalue weighted by atomic mass is 10.1. The third kappa shape index (κ3) is 3.91. The van der Waals surface area contributed by atoms with E-state index < -0.39 is 0 Å². The van der Waals surface area contributed by atoms with E-state index in [2.05, 4.69) is 34.2 Å². The van der Waals surface area contributed by atoms with E-state index in [1.54, 1.807) is 24.4 Å². The van der Waals surface area contributed by atoms with Gasteiger partial charge < -0.3 is 14.8 Å². The summed E-state index contributed by atoms with van der Waals surface area (Å²) in [6.45, 7) is 9.70. The molecule has 0 saturated heterocycles. The quantitative estimate of drug-likeness (QED) is 0.345. The summed E-state index contributed by atoms with van der Waals surface area (Å²) in [5.74, 6) is 0. The zero-order valence-corrected chi connectivity index (χ0v) is 17.4. The summed E-state index contributed by atoms with van der Waals surface area (Å²) in [6, 6.07) is 8.76. The Bertz CT molecular complexity index is 1130. The largest absolute Gasteiger partial charge is 0.383 e. The number of anilines is 1. The highest BCUT2D eigenvalue weighted by Crippen LogP contribution is 2.32. The molecule has 1 aromatic heterocycles. The Balaban J connectivity index is 2.23. The zero-order valence-electron chi connectivity index (χ0n) is 17.4. The number of hydrogen-bond donors (Lipinski definition) is 1. The first-order chi connectivity index (χ1) is 14.0. The standard InChI is InChI=1S/C22H27N5O2/c1-5-23-18-10-9-17(24-12-13-27(6-2)7-3)20-21(18)26(4)19-11-8-15(25-29)14-16(19)22(20)28/h5,8-11,14,24H,6-7,12-13H2,1-4H3. The molecule has 2 aromatic carbocycles. The number of rotatable bonds is 8. The number of hydrogen-bond acceptors (Lipinski definition) is 6. The van der Waals surface area contributed by atoms with Crippen LogP contribution in [0, 0.1) is 4.91 Å². The van der Waals surface area contributed by atoms with Gasteiger partial charge in [-0.25, -0.2) is 0 Å². The van der Waals surface area contributed by atoms with Crippen LogP contribution in [0.3, 0.4) is 0 Å². The molecule has 0 aliphatic heterocycles. The molecule has 1 heterocycles. The number of aromatic nitrogens is 1. The number of pyridine rings is 1. The molecule has 7 heteroatoms. The van der Waals surface area contributed by atoms with Gasteiger partial charge in [-0.2, -0.15) is 0 Å². The number of nitrogens with zero attached hydrogens (tertiary/aromatic N) is 4. The maximum absolute atomic E-state index is 13.4. The Morgan fingerprint density at radius 2 is 1.93 bits per heavy atom. The van der Waals surface area contributed by atoms with Crippen molar-refractivity contribution in [3.05, 3.63) is 45.5 Å². The van der Waals surface area contributed by atoms with E-state index in [-0.39, 0.29) is 11.1 Å². The molecule has 0 atom stereocenters. The number of nitroso groups, excluding NO2 is 1. The van der Waals surface area contributed by atoms with Crippen LogP contribution in [0.2, 0.25) is 0 Å². The Morgan fingerprint density at radius 1 is 1.17 bits per heavy atom. The molecule has 0 radical (unpaired) electrons. The Kier molecular flexibility index (Phi) is 6.39. The van der Waals surface area contributed by atoms with Crippen molar-refractivity contribution in [2.45, 2.75) is 20.8 Å². The Morgan fingerprint density at radius 3 is 2.59 bits per heavy atom. The van der Waals surface area contributed by atoms with Gasteiger partial charge >= 0.3 is 0 Å². The molecular weight excluding hydrogens is 366 g/mol. The van der Waals surface area contributed by atoms with Crippen LogP contribution in [0.4, 0.5) is 17.1 Å². The van der Waals surface area contributed by atoms with Crippen LogP contribution >= 0.6 is 0 Å². The van der Waals surface area contributed by atoms with E-state index in [0.29, 0.717) is 10.8 Å². The van der Waals surface area contributed by atoms with Gasteiger partial charge in [0.15, 0.2) is 5.43 Å². The Hall–Kier alpha value is -3.06. The van der Waals surface area contributed by atoms with Crippen molar-refractivity contribution in [3.63, 3.8) is 0 Å². The number of aliphatic imine (C=N–C) groups is 1. The number of benzene rings is 2. The lowest BCUT2D eigenvalue weighted by Crippen LogP contribution is -2.28. The first kappa shape index (κ1) is 20.7. The second kappa shape index (κ2) is 8.96. The van der Waals surface area contributed by atoms with Gasteiger partial charge in [-0.3, -0.25) is 9.79 Å². The van der Waals surface area contributed by atoms with E-state index in [1.165, 1.54) is 0 Å². The summed E-state index contributed by atoms with van der Waals surface area (Å²) >= 11 is 0. The molecule has 0 aliphatic rings. The van der Waals surface area contributed by atoms with E-state index >= 15 is 0 Å². The summed E-state index contributed by atoms with van der Waals surface area (Å²) in [5, 5.41) is 7.46. The number of likely N-dealkylation sites (N-methyl/N-ethyl adjacent to an activating group) is 1. The van der Waals surface area contributed by atoms with Crippen LogP contribution in [0.15, 0.2) is 45.3 Å². The maximum Gasteiger partial charge on any atom is 0.199 e. The van der Waals surface area contributed by atoms with Crippen molar-refractivity contribution in [2.75, 3.05) is 31.5 Å². The van der Waals surface area contributed by atoms with Gasteiger partial charge in [-0.15, -0.1) is 4.91 Å². The van der Waals surface area contributed by atoms with Gasteiger partial charge in [0.1, 0.15) is 5.69 Å². The lowest BCUT2D eigenvalue weighted by Gasteiger charge is -2.20. The lowest BCUT2D eigenvalue weighted by molar-refractivity contribution is 0.316. The molecule has 0 unspecified atom stereocenters. The minimum absolute atomic E-state index is 0.128. The summed E-state index contributed by atoms with van der Waals surface area (Å²) in [6.07, 6.45) is 1.72. The predicted molar refractivity (Wildman–Crippen MR) is 122 cm³/mol. The molecule has 0 saturated carbocycles. The van der Waals surface area contributed by atoms with Crippen LogP contribution in [-0.4, -0.2) is 41.9 Å². The van der Waals surface area contributed by atoms with E-state index in [1.807, 2.05) is 30.7 Å². The fourth-order valence-corrected chi connectivity index (χ4v) is 3.74. The summed E-state index contributed by atoms with van der Waals surface area (Å²) in [4.78, 5) is 31.2. The van der Waals surface area contributed by atoms with Gasteiger partial charge in [0.2, 0.25) is 0 Å². The molecule has 1 N–H and O–H groups in total. The average Bonchev–Trinajstić information content (AvgIpc) is 2.75. The Labute approximate surface area is 170 Å². The average molecular weight is 393 g/mol. The van der Waals surface area contributed by atoms with Crippen LogP contribution < -0.4 is 10.7 Å². The molecule has 0 bridgehead atoms. The first-order valence-corrected chi connectivity index (χ1v) is 9.93. The molecule has 3 aromatic rings. The highest BCUT2D eigenvalue weighted by molar-refractivity contribution is 6.05. The molecule has 0 aliphatic carbocycles. The highest BCUT2D eigenvalue weighted by atomic mass is 16.3. The highest BCUT2D eigenvalue weighted by Gasteiger charge is 2.16. The minimum atomic E-state index is -0.128. The van der Waals surface area contributed by atoms with Crippen molar-refractivity contribution in [2.24, 2.45) is 17.2 Å². The van der Waals surface area contributed by atoms with Crippen LogP contribution in [-0.2, 0) is 7.05 Å². The normalized spacial score (nSPS) is 11.8. The summed E-state index contributed by atoms with van der Waals surface area (Å²) in [5.41, 5.74) is 3.12. The molecule has 0 fully saturated rings. The second-order valence-corrected chi connectivity index (χ2v) is 6.88. The van der Waals surface area contributed by atoms with E-state index in [4.69, 9.17) is 0 Å². The fraction of sp³-hybridized carbons (Fsp3) is 0.364. The van der Waals surface area contributed by atoms with Crippen LogP contribution in [0.1, 0.15) is 20.8 Å². The van der Waals surface area contributed by atoms with Gasteiger partial charge in [-0.1, -0.05) is 13.8 Å². The predicted octanol–water partition coefficient (Wildman–Crippen LogP) is 4.57. The number of nitrogens with one attached hydrogen (secondary N) is 1. The van der Waals surface area contributed by atoms with Crippen molar-refractivity contribution < 1.29 is 0 Å². The minimum Gasteiger partial charge on any atom is -0.383 e. The zero-order chi connectivity index (χ0) is 21.0. The topological polar surface area (TPSA) is 79.1 Å². The summed E-state index contributed by atoms with van der Waals surface area (Å²) in [7, 11) is 1.91. The van der Waals surface area contributed by atoms with Gasteiger partial charge in [0.25, 0.3) is 0 Å². The van der Waals surface area contributed by atoms with Crippen LogP contribution in [0.5, 0.6) is 0 Å². The monoisotopic (exact) mass is 393 g/mol. The van der Waals surface area contributed by atoms with E-state index in [0.717, 1.165) is 48.6 Å². The fourth-order valence-electron chi connectivity index (χ4n) is 3.74. The van der Waals surface area contributed by atoms with E-state index in [9.17, 15) is 9.70 Å². The number of fused-ring (bicyclic) bond motifs is 2.